The summed E-state index contributed by atoms with van der Waals surface area (Å²) < 4.78 is 2.54. The number of halogens is 1. The summed E-state index contributed by atoms with van der Waals surface area (Å²) in [4.78, 5) is 0. The molecule has 4 aromatic carbocycles. The quantitative estimate of drug-likeness (QED) is 0.207. The largest absolute Gasteiger partial charge is 0.133 e. The van der Waals surface area contributed by atoms with Crippen LogP contribution in [-0.4, -0.2) is 0 Å². The first-order valence-electron chi connectivity index (χ1n) is 13.9. The Bertz CT molecular complexity index is 1710. The Morgan fingerprint density at radius 3 is 2.27 bits per heavy atom. The lowest BCUT2D eigenvalue weighted by Crippen LogP contribution is -2.49. The normalized spacial score (nSPS) is 28.1. The zero-order valence-corrected chi connectivity index (χ0v) is 23.0. The Kier molecular flexibility index (Phi) is 4.81. The van der Waals surface area contributed by atoms with Crippen LogP contribution >= 0.6 is 22.9 Å². The number of thiophene rings is 1. The van der Waals surface area contributed by atoms with Crippen LogP contribution in [-0.2, 0) is 5.41 Å². The summed E-state index contributed by atoms with van der Waals surface area (Å²) in [5.74, 6) is 3.09. The molecule has 1 aromatic heterocycles. The van der Waals surface area contributed by atoms with Crippen LogP contribution in [0.15, 0.2) is 78.9 Å². The lowest BCUT2D eigenvalue weighted by molar-refractivity contribution is 0.0426. The smallest absolute Gasteiger partial charge is 0.0584 e. The summed E-state index contributed by atoms with van der Waals surface area (Å²) in [6.07, 6.45) is 5.51. The van der Waals surface area contributed by atoms with Crippen molar-refractivity contribution >= 4 is 43.1 Å². The molecule has 184 valence electrons. The predicted octanol–water partition coefficient (Wildman–Crippen LogP) is 10.7. The first-order valence-corrected chi connectivity index (χ1v) is 15.1. The van der Waals surface area contributed by atoms with Crippen LogP contribution in [0.1, 0.15) is 50.7 Å². The maximum Gasteiger partial charge on any atom is 0.0584 e. The van der Waals surface area contributed by atoms with Crippen LogP contribution in [0.2, 0.25) is 5.02 Å². The van der Waals surface area contributed by atoms with Crippen LogP contribution < -0.4 is 0 Å². The van der Waals surface area contributed by atoms with E-state index in [9.17, 15) is 0 Å². The van der Waals surface area contributed by atoms with Crippen LogP contribution in [0.3, 0.4) is 0 Å². The molecule has 0 nitrogen and oxygen atoms in total. The summed E-state index contributed by atoms with van der Waals surface area (Å²) in [5.41, 5.74) is 8.99. The zero-order chi connectivity index (χ0) is 24.9. The highest BCUT2D eigenvalue weighted by atomic mass is 35.5. The fraction of sp³-hybridized carbons (Fsp3) is 0.314. The van der Waals surface area contributed by atoms with Crippen LogP contribution in [0.25, 0.3) is 42.4 Å². The Labute approximate surface area is 228 Å². The topological polar surface area (TPSA) is 0 Å². The fourth-order valence-corrected chi connectivity index (χ4v) is 10.5. The third-order valence-electron chi connectivity index (χ3n) is 10.1. The van der Waals surface area contributed by atoms with E-state index in [2.05, 4.69) is 86.6 Å². The van der Waals surface area contributed by atoms with Gasteiger partial charge in [-0.05, 0) is 83.2 Å². The third kappa shape index (κ3) is 2.91. The summed E-state index contributed by atoms with van der Waals surface area (Å²) in [6, 6.07) is 29.7. The molecule has 2 saturated carbocycles. The maximum absolute atomic E-state index is 6.67. The van der Waals surface area contributed by atoms with E-state index in [4.69, 9.17) is 11.6 Å². The maximum atomic E-state index is 6.67. The van der Waals surface area contributed by atoms with Crippen molar-refractivity contribution in [2.75, 3.05) is 0 Å². The minimum Gasteiger partial charge on any atom is -0.133 e. The molecule has 2 heteroatoms. The summed E-state index contributed by atoms with van der Waals surface area (Å²) in [7, 11) is 0. The standard InChI is InChI=1S/C35H31ClS/c1-20-16-22-18-21(2)35(23(17-20)19-22)29-13-4-3-8-28(29)32-24(9-6-14-30(32)35)25-10-5-11-26-27-12-7-15-31(36)34(27)37-33(25)26/h3-15,20-23H,16-19H2,1-2H3. The van der Waals surface area contributed by atoms with Gasteiger partial charge in [-0.15, -0.1) is 11.3 Å². The van der Waals surface area contributed by atoms with Crippen molar-refractivity contribution in [3.63, 3.8) is 0 Å². The van der Waals surface area contributed by atoms with Gasteiger partial charge in [-0.1, -0.05) is 98.2 Å². The molecule has 0 aliphatic heterocycles. The van der Waals surface area contributed by atoms with Gasteiger partial charge in [-0.3, -0.25) is 0 Å². The Hall–Kier alpha value is -2.61. The van der Waals surface area contributed by atoms with Crippen molar-refractivity contribution in [2.45, 2.75) is 44.9 Å². The Balaban J connectivity index is 1.44. The number of benzene rings is 4. The van der Waals surface area contributed by atoms with E-state index in [1.54, 1.807) is 11.1 Å². The van der Waals surface area contributed by atoms with Crippen molar-refractivity contribution in [3.05, 3.63) is 95.0 Å². The summed E-state index contributed by atoms with van der Waals surface area (Å²) >= 11 is 8.52. The molecule has 0 radical (unpaired) electrons. The summed E-state index contributed by atoms with van der Waals surface area (Å²) in [6.45, 7) is 5.05. The molecule has 5 atom stereocenters. The number of rotatable bonds is 1. The van der Waals surface area contributed by atoms with E-state index in [0.717, 1.165) is 22.8 Å². The van der Waals surface area contributed by atoms with Gasteiger partial charge in [0.15, 0.2) is 0 Å². The highest BCUT2D eigenvalue weighted by molar-refractivity contribution is 7.27. The molecule has 1 heterocycles. The third-order valence-corrected chi connectivity index (χ3v) is 11.8. The second kappa shape index (κ2) is 7.95. The minimum absolute atomic E-state index is 0.129. The van der Waals surface area contributed by atoms with Crippen LogP contribution in [0.4, 0.5) is 0 Å². The first kappa shape index (κ1) is 22.4. The van der Waals surface area contributed by atoms with E-state index < -0.39 is 0 Å². The molecule has 8 rings (SSSR count). The van der Waals surface area contributed by atoms with E-state index >= 15 is 0 Å². The van der Waals surface area contributed by atoms with Gasteiger partial charge in [0, 0.05) is 26.5 Å². The van der Waals surface area contributed by atoms with Crippen molar-refractivity contribution in [2.24, 2.45) is 23.7 Å². The van der Waals surface area contributed by atoms with E-state index in [1.807, 2.05) is 17.4 Å². The second-order valence-electron chi connectivity index (χ2n) is 12.1. The van der Waals surface area contributed by atoms with Gasteiger partial charge in [0.2, 0.25) is 0 Å². The van der Waals surface area contributed by atoms with Gasteiger partial charge >= 0.3 is 0 Å². The number of hydrogen-bond acceptors (Lipinski definition) is 1. The van der Waals surface area contributed by atoms with Gasteiger partial charge in [0.25, 0.3) is 0 Å². The van der Waals surface area contributed by atoms with Crippen molar-refractivity contribution in [1.82, 2.24) is 0 Å². The summed E-state index contributed by atoms with van der Waals surface area (Å²) in [5, 5.41) is 3.43. The lowest BCUT2D eigenvalue weighted by Gasteiger charge is -2.54. The zero-order valence-electron chi connectivity index (χ0n) is 21.4. The van der Waals surface area contributed by atoms with Crippen LogP contribution in [0, 0.1) is 23.7 Å². The highest BCUT2D eigenvalue weighted by Crippen LogP contribution is 2.65. The number of fused-ring (bicyclic) bond motifs is 11. The molecule has 0 amide bonds. The average Bonchev–Trinajstić information content (AvgIpc) is 3.43. The van der Waals surface area contributed by atoms with E-state index in [-0.39, 0.29) is 5.41 Å². The van der Waals surface area contributed by atoms with Crippen molar-refractivity contribution in [1.29, 1.82) is 0 Å². The average molecular weight is 519 g/mol. The molecule has 0 N–H and O–H groups in total. The van der Waals surface area contributed by atoms with Gasteiger partial charge in [-0.2, -0.15) is 0 Å². The van der Waals surface area contributed by atoms with Gasteiger partial charge in [0.1, 0.15) is 0 Å². The van der Waals surface area contributed by atoms with Gasteiger partial charge in [-0.25, -0.2) is 0 Å². The van der Waals surface area contributed by atoms with Crippen molar-refractivity contribution < 1.29 is 0 Å². The van der Waals surface area contributed by atoms with Gasteiger partial charge in [0.05, 0.1) is 9.72 Å². The fourth-order valence-electron chi connectivity index (χ4n) is 8.99. The molecule has 37 heavy (non-hydrogen) atoms. The first-order chi connectivity index (χ1) is 18.1. The highest BCUT2D eigenvalue weighted by Gasteiger charge is 2.56. The van der Waals surface area contributed by atoms with Crippen LogP contribution in [0.5, 0.6) is 0 Å². The Morgan fingerprint density at radius 2 is 1.38 bits per heavy atom. The molecule has 5 unspecified atom stereocenters. The second-order valence-corrected chi connectivity index (χ2v) is 13.5. The van der Waals surface area contributed by atoms with E-state index in [0.29, 0.717) is 5.92 Å². The molecule has 2 bridgehead atoms. The molecule has 3 aliphatic carbocycles. The lowest BCUT2D eigenvalue weighted by atomic mass is 9.49. The molecular formula is C35H31ClS. The molecule has 0 saturated heterocycles. The van der Waals surface area contributed by atoms with Crippen molar-refractivity contribution in [3.8, 4) is 22.3 Å². The molecular weight excluding hydrogens is 488 g/mol. The minimum atomic E-state index is 0.129. The van der Waals surface area contributed by atoms with Gasteiger partial charge < -0.3 is 0 Å². The van der Waals surface area contributed by atoms with E-state index in [1.165, 1.54) is 68.1 Å². The molecule has 2 fully saturated rings. The SMILES string of the molecule is CC1CC2CC(C)C3(c4ccccc4-c4c(-c5cccc6c5sc5c(Cl)cccc56)cccc43)C(C1)C2. The molecule has 5 aromatic rings. The monoisotopic (exact) mass is 518 g/mol. The predicted molar refractivity (Wildman–Crippen MR) is 160 cm³/mol. The Morgan fingerprint density at radius 1 is 0.676 bits per heavy atom. The molecule has 3 aliphatic rings. The molecule has 1 spiro atoms. The number of hydrogen-bond donors (Lipinski definition) is 0.